The molecule has 1 aromatic rings. The van der Waals surface area contributed by atoms with E-state index in [-0.39, 0.29) is 6.09 Å². The molecule has 1 amide bonds. The molecule has 1 fully saturated rings. The standard InChI is InChI=1S/C15H21N3O2/c1-15(2,3)20-14(19)18-5-4-10-7-13-11(8-16-17-13)6-12(10)9-18/h7-8,12H,4-6,9H2,1-3H3,(H,16,17). The quantitative estimate of drug-likeness (QED) is 0.791. The summed E-state index contributed by atoms with van der Waals surface area (Å²) in [5.41, 5.74) is 3.35. The fraction of sp³-hybridized carbons (Fsp3) is 0.600. The molecule has 1 atom stereocenters. The van der Waals surface area contributed by atoms with Gasteiger partial charge in [0, 0.05) is 19.0 Å². The molecule has 1 N–H and O–H groups in total. The topological polar surface area (TPSA) is 58.2 Å². The number of carbonyl (C=O) groups is 1. The zero-order valence-corrected chi connectivity index (χ0v) is 12.3. The first kappa shape index (κ1) is 13.2. The highest BCUT2D eigenvalue weighted by molar-refractivity contribution is 5.69. The molecule has 1 aliphatic heterocycles. The number of amides is 1. The van der Waals surface area contributed by atoms with E-state index in [1.165, 1.54) is 11.1 Å². The van der Waals surface area contributed by atoms with Crippen molar-refractivity contribution in [3.8, 4) is 0 Å². The first-order chi connectivity index (χ1) is 9.42. The zero-order valence-electron chi connectivity index (χ0n) is 12.3. The number of fused-ring (bicyclic) bond motifs is 2. The number of piperidine rings is 1. The Morgan fingerprint density at radius 3 is 3.05 bits per heavy atom. The van der Waals surface area contributed by atoms with Gasteiger partial charge in [-0.2, -0.15) is 5.10 Å². The van der Waals surface area contributed by atoms with Crippen LogP contribution < -0.4 is 0 Å². The van der Waals surface area contributed by atoms with Crippen LogP contribution in [0.2, 0.25) is 0 Å². The number of carbonyl (C=O) groups excluding carboxylic acids is 1. The molecule has 0 aromatic carbocycles. The van der Waals surface area contributed by atoms with Crippen LogP contribution in [0, 0.1) is 5.92 Å². The van der Waals surface area contributed by atoms with Gasteiger partial charge < -0.3 is 9.64 Å². The number of hydrogen-bond acceptors (Lipinski definition) is 3. The molecule has 0 saturated carbocycles. The molecule has 1 aromatic heterocycles. The number of hydrogen-bond donors (Lipinski definition) is 1. The molecule has 108 valence electrons. The Morgan fingerprint density at radius 1 is 1.50 bits per heavy atom. The number of aromatic nitrogens is 2. The summed E-state index contributed by atoms with van der Waals surface area (Å²) >= 11 is 0. The van der Waals surface area contributed by atoms with Gasteiger partial charge in [0.25, 0.3) is 0 Å². The van der Waals surface area contributed by atoms with Gasteiger partial charge in [0.2, 0.25) is 0 Å². The molecule has 0 bridgehead atoms. The SMILES string of the molecule is CC(C)(C)OC(=O)N1CCC2=Cc3[nH]ncc3CC2C1. The third-order valence-corrected chi connectivity index (χ3v) is 3.83. The maximum absolute atomic E-state index is 12.1. The molecule has 1 saturated heterocycles. The summed E-state index contributed by atoms with van der Waals surface area (Å²) in [7, 11) is 0. The molecule has 0 spiro atoms. The van der Waals surface area contributed by atoms with Crippen LogP contribution in [0.25, 0.3) is 6.08 Å². The fourth-order valence-electron chi connectivity index (χ4n) is 2.88. The van der Waals surface area contributed by atoms with Gasteiger partial charge >= 0.3 is 6.09 Å². The minimum Gasteiger partial charge on any atom is -0.444 e. The molecule has 3 rings (SSSR count). The van der Waals surface area contributed by atoms with Crippen LogP contribution in [0.1, 0.15) is 38.4 Å². The fourth-order valence-corrected chi connectivity index (χ4v) is 2.88. The summed E-state index contributed by atoms with van der Waals surface area (Å²) in [4.78, 5) is 14.0. The second-order valence-electron chi connectivity index (χ2n) is 6.61. The highest BCUT2D eigenvalue weighted by Gasteiger charge is 2.32. The van der Waals surface area contributed by atoms with Crippen molar-refractivity contribution in [1.29, 1.82) is 0 Å². The van der Waals surface area contributed by atoms with Crippen molar-refractivity contribution < 1.29 is 9.53 Å². The molecule has 5 nitrogen and oxygen atoms in total. The Morgan fingerprint density at radius 2 is 2.30 bits per heavy atom. The van der Waals surface area contributed by atoms with Crippen molar-refractivity contribution in [3.63, 3.8) is 0 Å². The van der Waals surface area contributed by atoms with Gasteiger partial charge in [-0.15, -0.1) is 0 Å². The average molecular weight is 275 g/mol. The van der Waals surface area contributed by atoms with Crippen LogP contribution in [0.15, 0.2) is 11.8 Å². The number of likely N-dealkylation sites (tertiary alicyclic amines) is 1. The first-order valence-corrected chi connectivity index (χ1v) is 7.13. The molecule has 20 heavy (non-hydrogen) atoms. The van der Waals surface area contributed by atoms with Crippen LogP contribution in [0.3, 0.4) is 0 Å². The van der Waals surface area contributed by atoms with E-state index in [0.717, 1.165) is 31.6 Å². The summed E-state index contributed by atoms with van der Waals surface area (Å²) in [5.74, 6) is 0.404. The van der Waals surface area contributed by atoms with Crippen molar-refractivity contribution in [2.75, 3.05) is 13.1 Å². The predicted molar refractivity (Wildman–Crippen MR) is 76.2 cm³/mol. The Balaban J connectivity index is 1.70. The molecule has 2 heterocycles. The van der Waals surface area contributed by atoms with Crippen LogP contribution in [-0.4, -0.2) is 39.9 Å². The summed E-state index contributed by atoms with van der Waals surface area (Å²) < 4.78 is 5.46. The van der Waals surface area contributed by atoms with Crippen molar-refractivity contribution in [3.05, 3.63) is 23.0 Å². The first-order valence-electron chi connectivity index (χ1n) is 7.13. The van der Waals surface area contributed by atoms with E-state index in [9.17, 15) is 4.79 Å². The number of rotatable bonds is 0. The van der Waals surface area contributed by atoms with Gasteiger partial charge in [-0.05, 0) is 45.3 Å². The normalized spacial score (nSPS) is 21.9. The molecule has 1 aliphatic carbocycles. The van der Waals surface area contributed by atoms with E-state index in [0.29, 0.717) is 5.92 Å². The monoisotopic (exact) mass is 275 g/mol. The van der Waals surface area contributed by atoms with Crippen molar-refractivity contribution >= 4 is 12.2 Å². The van der Waals surface area contributed by atoms with Crippen LogP contribution >= 0.6 is 0 Å². The maximum atomic E-state index is 12.1. The third-order valence-electron chi connectivity index (χ3n) is 3.83. The molecular formula is C15H21N3O2. The predicted octanol–water partition coefficient (Wildman–Crippen LogP) is 2.61. The smallest absolute Gasteiger partial charge is 0.410 e. The van der Waals surface area contributed by atoms with E-state index in [1.807, 2.05) is 31.9 Å². The second-order valence-corrected chi connectivity index (χ2v) is 6.61. The zero-order chi connectivity index (χ0) is 14.3. The van der Waals surface area contributed by atoms with Crippen molar-refractivity contribution in [1.82, 2.24) is 15.1 Å². The third kappa shape index (κ3) is 2.57. The van der Waals surface area contributed by atoms with E-state index in [1.54, 1.807) is 0 Å². The van der Waals surface area contributed by atoms with Gasteiger partial charge in [-0.1, -0.05) is 5.57 Å². The number of H-pyrrole nitrogens is 1. The Hall–Kier alpha value is -1.78. The Labute approximate surface area is 119 Å². The van der Waals surface area contributed by atoms with Crippen molar-refractivity contribution in [2.24, 2.45) is 5.92 Å². The molecule has 5 heteroatoms. The van der Waals surface area contributed by atoms with Gasteiger partial charge in [0.1, 0.15) is 5.60 Å². The number of aromatic amines is 1. The van der Waals surface area contributed by atoms with E-state index in [2.05, 4.69) is 16.3 Å². The van der Waals surface area contributed by atoms with Gasteiger partial charge in [-0.25, -0.2) is 4.79 Å². The minimum atomic E-state index is -0.433. The summed E-state index contributed by atoms with van der Waals surface area (Å²) in [6.07, 6.45) is 5.76. The minimum absolute atomic E-state index is 0.199. The lowest BCUT2D eigenvalue weighted by Gasteiger charge is -2.37. The highest BCUT2D eigenvalue weighted by atomic mass is 16.6. The average Bonchev–Trinajstić information content (AvgIpc) is 2.80. The van der Waals surface area contributed by atoms with E-state index in [4.69, 9.17) is 4.74 Å². The Kier molecular flexibility index (Phi) is 3.07. The summed E-state index contributed by atoms with van der Waals surface area (Å²) in [6, 6.07) is 0. The highest BCUT2D eigenvalue weighted by Crippen LogP contribution is 2.33. The van der Waals surface area contributed by atoms with Crippen LogP contribution in [0.4, 0.5) is 4.79 Å². The molecule has 0 radical (unpaired) electrons. The van der Waals surface area contributed by atoms with Gasteiger partial charge in [0.05, 0.1) is 11.9 Å². The van der Waals surface area contributed by atoms with E-state index < -0.39 is 5.60 Å². The second kappa shape index (κ2) is 4.65. The summed E-state index contributed by atoms with van der Waals surface area (Å²) in [6.45, 7) is 7.18. The summed E-state index contributed by atoms with van der Waals surface area (Å²) in [5, 5.41) is 7.11. The number of ether oxygens (including phenoxy) is 1. The number of nitrogens with zero attached hydrogens (tertiary/aromatic N) is 2. The molecule has 1 unspecified atom stereocenters. The van der Waals surface area contributed by atoms with E-state index >= 15 is 0 Å². The van der Waals surface area contributed by atoms with Gasteiger partial charge in [-0.3, -0.25) is 5.10 Å². The van der Waals surface area contributed by atoms with Crippen LogP contribution in [-0.2, 0) is 11.2 Å². The van der Waals surface area contributed by atoms with Gasteiger partial charge in [0.15, 0.2) is 0 Å². The lowest BCUT2D eigenvalue weighted by Crippen LogP contribution is -2.44. The lowest BCUT2D eigenvalue weighted by atomic mass is 9.82. The van der Waals surface area contributed by atoms with Crippen LogP contribution in [0.5, 0.6) is 0 Å². The largest absolute Gasteiger partial charge is 0.444 e. The maximum Gasteiger partial charge on any atom is 0.410 e. The van der Waals surface area contributed by atoms with Crippen molar-refractivity contribution in [2.45, 2.75) is 39.2 Å². The lowest BCUT2D eigenvalue weighted by molar-refractivity contribution is 0.0203. The Bertz CT molecular complexity index is 554. The molecular weight excluding hydrogens is 254 g/mol. The molecule has 2 aliphatic rings. The number of nitrogens with one attached hydrogen (secondary N) is 1.